The number of aryl methyl sites for hydroxylation is 1. The quantitative estimate of drug-likeness (QED) is 0.368. The van der Waals surface area contributed by atoms with Crippen molar-refractivity contribution < 1.29 is 27.0 Å². The second-order valence-electron chi connectivity index (χ2n) is 8.88. The number of methoxy groups -OCH3 is 1. The lowest BCUT2D eigenvalue weighted by atomic mass is 9.95. The third-order valence-electron chi connectivity index (χ3n) is 6.13. The molecule has 1 N–H and O–H groups in total. The molecule has 0 amide bonds. The van der Waals surface area contributed by atoms with Gasteiger partial charge in [-0.3, -0.25) is 4.57 Å². The Balaban J connectivity index is 1.82. The Morgan fingerprint density at radius 1 is 1.14 bits per heavy atom. The van der Waals surface area contributed by atoms with Crippen LogP contribution in [-0.4, -0.2) is 39.7 Å². The number of anilines is 1. The molecule has 0 spiro atoms. The van der Waals surface area contributed by atoms with E-state index in [1.54, 1.807) is 30.9 Å². The number of alkyl halides is 2. The van der Waals surface area contributed by atoms with Crippen molar-refractivity contribution in [3.05, 3.63) is 53.7 Å². The molecule has 1 aliphatic rings. The number of nitrogens with one attached hydrogen (secondary N) is 1. The molecular weight excluding hydrogens is 466 g/mol. The fourth-order valence-electron chi connectivity index (χ4n) is 4.65. The van der Waals surface area contributed by atoms with Gasteiger partial charge in [0.1, 0.15) is 23.1 Å². The molecule has 0 saturated carbocycles. The zero-order valence-electron chi connectivity index (χ0n) is 19.5. The van der Waals surface area contributed by atoms with Crippen molar-refractivity contribution in [2.24, 2.45) is 0 Å². The highest BCUT2D eigenvalue weighted by molar-refractivity contribution is 5.98. The van der Waals surface area contributed by atoms with E-state index in [9.17, 15) is 13.2 Å². The van der Waals surface area contributed by atoms with E-state index in [2.05, 4.69) is 15.5 Å². The van der Waals surface area contributed by atoms with Gasteiger partial charge in [0.25, 0.3) is 0 Å². The van der Waals surface area contributed by atoms with Crippen LogP contribution in [0.4, 0.5) is 23.2 Å². The number of ether oxygens (including phenoxy) is 2. The zero-order chi connectivity index (χ0) is 25.1. The van der Waals surface area contributed by atoms with Gasteiger partial charge in [0, 0.05) is 36.9 Å². The summed E-state index contributed by atoms with van der Waals surface area (Å²) in [5.74, 6) is -1.05. The van der Waals surface area contributed by atoms with E-state index in [0.717, 1.165) is 6.07 Å². The number of hydrogen-bond acceptors (Lipinski definition) is 5. The van der Waals surface area contributed by atoms with Crippen molar-refractivity contribution in [2.75, 3.05) is 19.0 Å². The lowest BCUT2D eigenvalue weighted by Crippen LogP contribution is -2.36. The van der Waals surface area contributed by atoms with Gasteiger partial charge in [0.2, 0.25) is 0 Å². The highest BCUT2D eigenvalue weighted by Gasteiger charge is 2.38. The Bertz CT molecular complexity index is 1440. The van der Waals surface area contributed by atoms with Crippen LogP contribution in [0.5, 0.6) is 5.75 Å². The number of nitrogens with zero attached hydrogens (tertiary/aromatic N) is 4. The first kappa shape index (κ1) is 23.2. The average molecular weight is 489 g/mol. The molecule has 0 atom stereocenters. The maximum Gasteiger partial charge on any atom is 0.387 e. The molecule has 0 aliphatic carbocycles. The molecule has 1 aliphatic heterocycles. The summed E-state index contributed by atoms with van der Waals surface area (Å²) in [5, 5.41) is 11.9. The van der Waals surface area contributed by atoms with Crippen molar-refractivity contribution >= 4 is 16.6 Å². The zero-order valence-corrected chi connectivity index (χ0v) is 19.5. The van der Waals surface area contributed by atoms with E-state index >= 15 is 4.39 Å². The second kappa shape index (κ2) is 8.26. The molecule has 5 rings (SSSR count). The Hall–Kier alpha value is -3.60. The molecule has 0 bridgehead atoms. The van der Waals surface area contributed by atoms with Crippen molar-refractivity contribution in [3.63, 3.8) is 0 Å². The minimum absolute atomic E-state index is 0.0506. The third kappa shape index (κ3) is 3.70. The normalized spacial score (nSPS) is 14.2. The molecule has 11 heteroatoms. The van der Waals surface area contributed by atoms with Crippen LogP contribution in [0.3, 0.4) is 0 Å². The summed E-state index contributed by atoms with van der Waals surface area (Å²) in [7, 11) is 1.55. The van der Waals surface area contributed by atoms with Crippen molar-refractivity contribution in [1.82, 2.24) is 19.3 Å². The van der Waals surface area contributed by atoms with Gasteiger partial charge in [-0.15, -0.1) is 10.2 Å². The summed E-state index contributed by atoms with van der Waals surface area (Å²) in [5.41, 5.74) is -0.211. The standard InChI is InChI=1S/C24H23F4N5O2/c1-12-30-31-22-24(2,3)29-16-11-18(35-23(27)28)19(20(26)21(16)33(12)22)15-9-13(25)10-17-14(15)5-6-32(17)7-8-34-4/h5-6,9-11,23,29H,7-8H2,1-4H3. The predicted molar refractivity (Wildman–Crippen MR) is 122 cm³/mol. The number of hydrogen-bond donors (Lipinski definition) is 1. The number of rotatable bonds is 6. The van der Waals surface area contributed by atoms with Crippen molar-refractivity contribution in [2.45, 2.75) is 39.5 Å². The first-order valence-electron chi connectivity index (χ1n) is 10.9. The van der Waals surface area contributed by atoms with Crippen LogP contribution in [0.15, 0.2) is 30.5 Å². The van der Waals surface area contributed by atoms with Crippen LogP contribution in [0.25, 0.3) is 27.7 Å². The summed E-state index contributed by atoms with van der Waals surface area (Å²) < 4.78 is 71.3. The molecule has 0 unspecified atom stereocenters. The summed E-state index contributed by atoms with van der Waals surface area (Å²) in [4.78, 5) is 0. The molecular formula is C24H23F4N5O2. The second-order valence-corrected chi connectivity index (χ2v) is 8.88. The monoisotopic (exact) mass is 489 g/mol. The van der Waals surface area contributed by atoms with E-state index < -0.39 is 29.5 Å². The van der Waals surface area contributed by atoms with Crippen molar-refractivity contribution in [3.8, 4) is 22.6 Å². The summed E-state index contributed by atoms with van der Waals surface area (Å²) in [6.45, 7) is 2.88. The molecule has 35 heavy (non-hydrogen) atoms. The summed E-state index contributed by atoms with van der Waals surface area (Å²) in [6.07, 6.45) is 1.71. The first-order chi connectivity index (χ1) is 16.6. The molecule has 4 aromatic rings. The maximum absolute atomic E-state index is 16.4. The highest BCUT2D eigenvalue weighted by atomic mass is 19.3. The molecule has 0 fully saturated rings. The van der Waals surface area contributed by atoms with E-state index in [-0.39, 0.29) is 22.5 Å². The van der Waals surface area contributed by atoms with Crippen LogP contribution in [-0.2, 0) is 16.8 Å². The van der Waals surface area contributed by atoms with Gasteiger partial charge in [-0.1, -0.05) is 0 Å². The topological polar surface area (TPSA) is 66.1 Å². The fourth-order valence-corrected chi connectivity index (χ4v) is 4.65. The molecule has 2 aromatic carbocycles. The van der Waals surface area contributed by atoms with Crippen molar-refractivity contribution in [1.29, 1.82) is 0 Å². The fraction of sp³-hybridized carbons (Fsp3) is 0.333. The van der Waals surface area contributed by atoms with Gasteiger partial charge in [0.15, 0.2) is 11.6 Å². The summed E-state index contributed by atoms with van der Waals surface area (Å²) >= 11 is 0. The minimum Gasteiger partial charge on any atom is -0.434 e. The third-order valence-corrected chi connectivity index (χ3v) is 6.13. The van der Waals surface area contributed by atoms with Crippen LogP contribution in [0.1, 0.15) is 25.5 Å². The van der Waals surface area contributed by atoms with Gasteiger partial charge in [-0.05, 0) is 39.0 Å². The van der Waals surface area contributed by atoms with Gasteiger partial charge >= 0.3 is 6.61 Å². The summed E-state index contributed by atoms with van der Waals surface area (Å²) in [6, 6.07) is 5.42. The van der Waals surface area contributed by atoms with Crippen LogP contribution in [0, 0.1) is 18.6 Å². The number of fused-ring (bicyclic) bond motifs is 4. The van der Waals surface area contributed by atoms with Crippen LogP contribution < -0.4 is 10.1 Å². The Kier molecular flexibility index (Phi) is 5.47. The Morgan fingerprint density at radius 3 is 2.63 bits per heavy atom. The van der Waals surface area contributed by atoms with Gasteiger partial charge in [-0.25, -0.2) is 8.78 Å². The average Bonchev–Trinajstić information content (AvgIpc) is 3.35. The molecule has 2 aromatic heterocycles. The lowest BCUT2D eigenvalue weighted by molar-refractivity contribution is -0.0495. The molecule has 0 saturated heterocycles. The number of benzene rings is 2. The highest BCUT2D eigenvalue weighted by Crippen LogP contribution is 2.47. The molecule has 3 heterocycles. The number of aromatic nitrogens is 4. The largest absolute Gasteiger partial charge is 0.434 e. The Morgan fingerprint density at radius 2 is 1.91 bits per heavy atom. The number of halogens is 4. The van der Waals surface area contributed by atoms with Gasteiger partial charge in [0.05, 0.1) is 28.9 Å². The predicted octanol–water partition coefficient (Wildman–Crippen LogP) is 5.38. The van der Waals surface area contributed by atoms with E-state index in [4.69, 9.17) is 9.47 Å². The molecule has 0 radical (unpaired) electrons. The van der Waals surface area contributed by atoms with Gasteiger partial charge in [-0.2, -0.15) is 8.78 Å². The van der Waals surface area contributed by atoms with Crippen LogP contribution in [0.2, 0.25) is 0 Å². The first-order valence-corrected chi connectivity index (χ1v) is 10.9. The molecule has 7 nitrogen and oxygen atoms in total. The van der Waals surface area contributed by atoms with E-state index in [0.29, 0.717) is 35.7 Å². The van der Waals surface area contributed by atoms with Crippen LogP contribution >= 0.6 is 0 Å². The van der Waals surface area contributed by atoms with E-state index in [1.807, 2.05) is 13.8 Å². The minimum atomic E-state index is -3.22. The smallest absolute Gasteiger partial charge is 0.387 e. The molecule has 184 valence electrons. The lowest BCUT2D eigenvalue weighted by Gasteiger charge is -2.34. The van der Waals surface area contributed by atoms with Gasteiger partial charge < -0.3 is 19.4 Å². The Labute approximate surface area is 198 Å². The SMILES string of the molecule is COCCn1ccc2c(-c3c(OC(F)F)cc4c(c3F)-n3c(C)nnc3C(C)(C)N4)cc(F)cc21. The maximum atomic E-state index is 16.4. The van der Waals surface area contributed by atoms with E-state index in [1.165, 1.54) is 16.7 Å².